The molecule has 1 unspecified atom stereocenters. The minimum Gasteiger partial charge on any atom is -0.326 e. The molecule has 1 rings (SSSR count). The van der Waals surface area contributed by atoms with Gasteiger partial charge in [0.1, 0.15) is 11.5 Å². The summed E-state index contributed by atoms with van der Waals surface area (Å²) in [5, 5.41) is 0. The van der Waals surface area contributed by atoms with Gasteiger partial charge in [0.2, 0.25) is 0 Å². The fraction of sp³-hybridized carbons (Fsp3) is 0.467. The maximum absolute atomic E-state index is 4.59. The summed E-state index contributed by atoms with van der Waals surface area (Å²) in [5.74, 6) is 2.28. The Bertz CT molecular complexity index is 441. The second-order valence-corrected chi connectivity index (χ2v) is 4.41. The number of rotatable bonds is 7. The van der Waals surface area contributed by atoms with E-state index in [-0.39, 0.29) is 0 Å². The number of hydrogen-bond donors (Lipinski definition) is 1. The van der Waals surface area contributed by atoms with Gasteiger partial charge in [-0.2, -0.15) is 0 Å². The number of imidazole rings is 1. The zero-order valence-corrected chi connectivity index (χ0v) is 11.7. The lowest BCUT2D eigenvalue weighted by Crippen LogP contribution is -1.99. The molecule has 1 heterocycles. The van der Waals surface area contributed by atoms with E-state index in [1.54, 1.807) is 12.2 Å². The lowest BCUT2D eigenvalue weighted by Gasteiger charge is -2.09. The van der Waals surface area contributed by atoms with Crippen LogP contribution in [0.4, 0.5) is 5.82 Å². The number of aromatic amines is 1. The second-order valence-electron chi connectivity index (χ2n) is 4.41. The minimum atomic E-state index is 0.474. The van der Waals surface area contributed by atoms with Crippen LogP contribution in [0.2, 0.25) is 0 Å². The molecule has 0 saturated carbocycles. The Balaban J connectivity index is 3.10. The SMILES string of the molecule is C=C/C(C)=N\c1[nH]c(C(CC)CCC)nc1C=C. The molecule has 1 aromatic rings. The highest BCUT2D eigenvalue weighted by Crippen LogP contribution is 2.27. The maximum Gasteiger partial charge on any atom is 0.157 e. The molecule has 0 amide bonds. The number of nitrogens with one attached hydrogen (secondary N) is 1. The Morgan fingerprint density at radius 3 is 2.67 bits per heavy atom. The molecule has 18 heavy (non-hydrogen) atoms. The molecule has 0 bridgehead atoms. The summed E-state index contributed by atoms with van der Waals surface area (Å²) in [6.07, 6.45) is 6.86. The van der Waals surface area contributed by atoms with E-state index in [1.807, 2.05) is 6.92 Å². The first-order chi connectivity index (χ1) is 8.65. The van der Waals surface area contributed by atoms with Crippen molar-refractivity contribution in [1.29, 1.82) is 0 Å². The second kappa shape index (κ2) is 6.94. The Hall–Kier alpha value is -1.64. The van der Waals surface area contributed by atoms with Crippen LogP contribution in [0.3, 0.4) is 0 Å². The number of aliphatic imine (C=N–C) groups is 1. The minimum absolute atomic E-state index is 0.474. The zero-order valence-electron chi connectivity index (χ0n) is 11.7. The Morgan fingerprint density at radius 1 is 1.44 bits per heavy atom. The number of nitrogens with zero attached hydrogens (tertiary/aromatic N) is 2. The first-order valence-electron chi connectivity index (χ1n) is 6.56. The van der Waals surface area contributed by atoms with Crippen molar-refractivity contribution in [1.82, 2.24) is 9.97 Å². The van der Waals surface area contributed by atoms with E-state index in [0.717, 1.165) is 42.3 Å². The molecule has 1 aromatic heterocycles. The van der Waals surface area contributed by atoms with Gasteiger partial charge >= 0.3 is 0 Å². The molecule has 1 atom stereocenters. The molecule has 0 spiro atoms. The van der Waals surface area contributed by atoms with Crippen molar-refractivity contribution in [3.05, 3.63) is 30.8 Å². The van der Waals surface area contributed by atoms with Gasteiger partial charge in [0.05, 0.1) is 0 Å². The molecule has 0 radical (unpaired) electrons. The summed E-state index contributed by atoms with van der Waals surface area (Å²) < 4.78 is 0. The van der Waals surface area contributed by atoms with Crippen molar-refractivity contribution in [3.8, 4) is 0 Å². The van der Waals surface area contributed by atoms with Gasteiger partial charge in [-0.1, -0.05) is 33.4 Å². The zero-order chi connectivity index (χ0) is 13.5. The van der Waals surface area contributed by atoms with Crippen molar-refractivity contribution in [2.75, 3.05) is 0 Å². The number of aromatic nitrogens is 2. The van der Waals surface area contributed by atoms with Gasteiger partial charge in [0, 0.05) is 11.6 Å². The fourth-order valence-electron chi connectivity index (χ4n) is 1.92. The number of hydrogen-bond acceptors (Lipinski definition) is 2. The fourth-order valence-corrected chi connectivity index (χ4v) is 1.92. The predicted octanol–water partition coefficient (Wildman–Crippen LogP) is 4.62. The van der Waals surface area contributed by atoms with Gasteiger partial charge in [-0.15, -0.1) is 0 Å². The van der Waals surface area contributed by atoms with Crippen LogP contribution in [0.25, 0.3) is 6.08 Å². The smallest absolute Gasteiger partial charge is 0.157 e. The molecular formula is C15H23N3. The van der Waals surface area contributed by atoms with Crippen LogP contribution in [0.5, 0.6) is 0 Å². The van der Waals surface area contributed by atoms with Gasteiger partial charge in [0.25, 0.3) is 0 Å². The molecule has 0 fully saturated rings. The Morgan fingerprint density at radius 2 is 2.17 bits per heavy atom. The number of H-pyrrole nitrogens is 1. The standard InChI is InChI=1S/C15H23N3/c1-6-10-12(8-3)14-17-13(9-4)15(18-14)16-11(5)7-2/h7,9,12H,2,4,6,8,10H2,1,3,5H3,(H,17,18)/b16-11-. The van der Waals surface area contributed by atoms with Crippen LogP contribution >= 0.6 is 0 Å². The molecule has 0 aliphatic rings. The van der Waals surface area contributed by atoms with Crippen molar-refractivity contribution in [2.24, 2.45) is 4.99 Å². The van der Waals surface area contributed by atoms with Crippen molar-refractivity contribution >= 4 is 17.6 Å². The van der Waals surface area contributed by atoms with E-state index in [0.29, 0.717) is 5.92 Å². The summed E-state index contributed by atoms with van der Waals surface area (Å²) in [6, 6.07) is 0. The van der Waals surface area contributed by atoms with E-state index >= 15 is 0 Å². The molecule has 3 nitrogen and oxygen atoms in total. The summed E-state index contributed by atoms with van der Waals surface area (Å²) in [7, 11) is 0. The summed E-state index contributed by atoms with van der Waals surface area (Å²) >= 11 is 0. The van der Waals surface area contributed by atoms with E-state index in [9.17, 15) is 0 Å². The van der Waals surface area contributed by atoms with Crippen LogP contribution in [-0.4, -0.2) is 15.7 Å². The summed E-state index contributed by atoms with van der Waals surface area (Å²) in [6.45, 7) is 13.8. The molecule has 0 aliphatic carbocycles. The van der Waals surface area contributed by atoms with Crippen LogP contribution in [0.15, 0.2) is 24.2 Å². The lowest BCUT2D eigenvalue weighted by molar-refractivity contribution is 0.569. The van der Waals surface area contributed by atoms with Crippen LogP contribution in [0, 0.1) is 0 Å². The lowest BCUT2D eigenvalue weighted by atomic mass is 10.0. The summed E-state index contributed by atoms with van der Waals surface area (Å²) in [5.41, 5.74) is 1.69. The highest BCUT2D eigenvalue weighted by Gasteiger charge is 2.15. The first-order valence-corrected chi connectivity index (χ1v) is 6.56. The van der Waals surface area contributed by atoms with Crippen LogP contribution in [-0.2, 0) is 0 Å². The van der Waals surface area contributed by atoms with Crippen molar-refractivity contribution in [3.63, 3.8) is 0 Å². The molecule has 1 N–H and O–H groups in total. The highest BCUT2D eigenvalue weighted by molar-refractivity contribution is 5.94. The topological polar surface area (TPSA) is 41.0 Å². The third kappa shape index (κ3) is 3.42. The normalized spacial score (nSPS) is 13.4. The number of allylic oxidation sites excluding steroid dienone is 1. The summed E-state index contributed by atoms with van der Waals surface area (Å²) in [4.78, 5) is 12.4. The average molecular weight is 245 g/mol. The van der Waals surface area contributed by atoms with Gasteiger partial charge in [-0.3, -0.25) is 0 Å². The highest BCUT2D eigenvalue weighted by atomic mass is 15.0. The molecule has 3 heteroatoms. The Labute approximate surface area is 110 Å². The van der Waals surface area contributed by atoms with E-state index in [1.165, 1.54) is 0 Å². The molecule has 98 valence electrons. The molecule has 0 aliphatic heterocycles. The molecule has 0 aromatic carbocycles. The third-order valence-electron chi connectivity index (χ3n) is 3.02. The van der Waals surface area contributed by atoms with E-state index in [2.05, 4.69) is 42.0 Å². The third-order valence-corrected chi connectivity index (χ3v) is 3.02. The largest absolute Gasteiger partial charge is 0.326 e. The van der Waals surface area contributed by atoms with E-state index in [4.69, 9.17) is 0 Å². The van der Waals surface area contributed by atoms with Crippen LogP contribution < -0.4 is 0 Å². The van der Waals surface area contributed by atoms with Gasteiger partial charge in [-0.25, -0.2) is 9.98 Å². The molecular weight excluding hydrogens is 222 g/mol. The van der Waals surface area contributed by atoms with Crippen molar-refractivity contribution in [2.45, 2.75) is 46.0 Å². The van der Waals surface area contributed by atoms with E-state index < -0.39 is 0 Å². The first kappa shape index (κ1) is 14.4. The maximum atomic E-state index is 4.59. The van der Waals surface area contributed by atoms with Gasteiger partial charge in [-0.05, 0) is 31.9 Å². The Kier molecular flexibility index (Phi) is 5.56. The quantitative estimate of drug-likeness (QED) is 0.699. The van der Waals surface area contributed by atoms with Gasteiger partial charge in [0.15, 0.2) is 5.82 Å². The molecule has 0 saturated heterocycles. The van der Waals surface area contributed by atoms with Crippen molar-refractivity contribution < 1.29 is 0 Å². The predicted molar refractivity (Wildman–Crippen MR) is 79.6 cm³/mol. The van der Waals surface area contributed by atoms with Crippen LogP contribution in [0.1, 0.15) is 57.5 Å². The van der Waals surface area contributed by atoms with Gasteiger partial charge < -0.3 is 4.98 Å². The monoisotopic (exact) mass is 245 g/mol. The average Bonchev–Trinajstić information content (AvgIpc) is 2.78.